The average molecular weight is 387 g/mol. The predicted molar refractivity (Wildman–Crippen MR) is 112 cm³/mol. The third-order valence-corrected chi connectivity index (χ3v) is 4.42. The first-order valence-electron chi connectivity index (χ1n) is 9.14. The zero-order valence-corrected chi connectivity index (χ0v) is 15.7. The summed E-state index contributed by atoms with van der Waals surface area (Å²) in [6.07, 6.45) is 0.722. The van der Waals surface area contributed by atoms with Crippen molar-refractivity contribution in [2.75, 3.05) is 4.90 Å². The molecule has 0 saturated heterocycles. The molecule has 5 heteroatoms. The van der Waals surface area contributed by atoms with Crippen LogP contribution >= 0.6 is 0 Å². The summed E-state index contributed by atoms with van der Waals surface area (Å²) in [6, 6.07) is 27.0. The predicted octanol–water partition coefficient (Wildman–Crippen LogP) is 4.60. The molecule has 5 nitrogen and oxygen atoms in total. The Morgan fingerprint density at radius 3 is 1.83 bits per heavy atom. The van der Waals surface area contributed by atoms with Crippen molar-refractivity contribution in [2.24, 2.45) is 0 Å². The van der Waals surface area contributed by atoms with Gasteiger partial charge < -0.3 is 15.1 Å². The van der Waals surface area contributed by atoms with Crippen LogP contribution in [0.5, 0.6) is 0 Å². The second kappa shape index (κ2) is 9.37. The lowest BCUT2D eigenvalue weighted by Gasteiger charge is -2.25. The Morgan fingerprint density at radius 2 is 1.31 bits per heavy atom. The fraction of sp³-hybridized carbons (Fsp3) is 0.0833. The van der Waals surface area contributed by atoms with E-state index in [1.54, 1.807) is 18.2 Å². The highest BCUT2D eigenvalue weighted by Gasteiger charge is 2.13. The van der Waals surface area contributed by atoms with Crippen LogP contribution in [-0.4, -0.2) is 22.0 Å². The molecule has 0 saturated carbocycles. The number of carbonyl (C=O) groups is 2. The number of carbonyl (C=O) groups excluding carboxylic acids is 1. The largest absolute Gasteiger partial charge is 0.502 e. The molecule has 0 aromatic heterocycles. The van der Waals surface area contributed by atoms with Crippen molar-refractivity contribution in [3.8, 4) is 0 Å². The summed E-state index contributed by atoms with van der Waals surface area (Å²) < 4.78 is 0. The van der Waals surface area contributed by atoms with Gasteiger partial charge in [0.25, 0.3) is 0 Å². The summed E-state index contributed by atoms with van der Waals surface area (Å²) in [5.74, 6) is -3.08. The number of aliphatic hydroxyl groups excluding tert-OH is 1. The van der Waals surface area contributed by atoms with Crippen LogP contribution in [0, 0.1) is 0 Å². The zero-order chi connectivity index (χ0) is 20.6. The number of rotatable bonds is 8. The molecular weight excluding hydrogens is 366 g/mol. The highest BCUT2D eigenvalue weighted by atomic mass is 16.4. The fourth-order valence-corrected chi connectivity index (χ4v) is 2.97. The number of aliphatic hydroxyl groups is 1. The van der Waals surface area contributed by atoms with Crippen LogP contribution < -0.4 is 4.90 Å². The minimum Gasteiger partial charge on any atom is -0.502 e. The van der Waals surface area contributed by atoms with Crippen LogP contribution in [0.4, 0.5) is 5.69 Å². The molecule has 3 rings (SSSR count). The smallest absolute Gasteiger partial charge is 0.371 e. The van der Waals surface area contributed by atoms with Crippen LogP contribution in [0.25, 0.3) is 0 Å². The molecule has 3 aromatic carbocycles. The number of hydrogen-bond acceptors (Lipinski definition) is 4. The molecule has 3 aromatic rings. The summed E-state index contributed by atoms with van der Waals surface area (Å²) >= 11 is 0. The van der Waals surface area contributed by atoms with E-state index < -0.39 is 17.5 Å². The molecule has 0 amide bonds. The molecule has 29 heavy (non-hydrogen) atoms. The van der Waals surface area contributed by atoms with Crippen LogP contribution in [0.15, 0.2) is 96.8 Å². The van der Waals surface area contributed by atoms with Gasteiger partial charge in [-0.1, -0.05) is 72.8 Å². The maximum atomic E-state index is 12.3. The SMILES string of the molecule is O=C(O)/C(O)=C/C(=O)c1cccc(N(Cc2ccccc2)Cc2ccccc2)c1. The Kier molecular flexibility index (Phi) is 6.43. The van der Waals surface area contributed by atoms with Crippen molar-refractivity contribution in [3.63, 3.8) is 0 Å². The van der Waals surface area contributed by atoms with Gasteiger partial charge in [-0.2, -0.15) is 0 Å². The van der Waals surface area contributed by atoms with Crippen molar-refractivity contribution < 1.29 is 19.8 Å². The Balaban J connectivity index is 1.91. The number of aliphatic carboxylic acids is 1. The Labute approximate surface area is 169 Å². The van der Waals surface area contributed by atoms with E-state index in [0.29, 0.717) is 18.7 Å². The third-order valence-electron chi connectivity index (χ3n) is 4.42. The number of allylic oxidation sites excluding steroid dienone is 1. The summed E-state index contributed by atoms with van der Waals surface area (Å²) in [4.78, 5) is 25.2. The lowest BCUT2D eigenvalue weighted by Crippen LogP contribution is -2.22. The second-order valence-electron chi connectivity index (χ2n) is 6.58. The lowest BCUT2D eigenvalue weighted by atomic mass is 10.1. The molecule has 0 unspecified atom stereocenters. The van der Waals surface area contributed by atoms with E-state index >= 15 is 0 Å². The van der Waals surface area contributed by atoms with Gasteiger partial charge in [-0.15, -0.1) is 0 Å². The molecule has 0 atom stereocenters. The maximum Gasteiger partial charge on any atom is 0.371 e. The Hall–Kier alpha value is -3.86. The van der Waals surface area contributed by atoms with Gasteiger partial charge >= 0.3 is 5.97 Å². The number of carboxylic acid groups (broad SMARTS) is 1. The summed E-state index contributed by atoms with van der Waals surface area (Å²) in [6.45, 7) is 1.28. The van der Waals surface area contributed by atoms with Crippen molar-refractivity contribution in [1.82, 2.24) is 0 Å². The number of anilines is 1. The first-order chi connectivity index (χ1) is 14.0. The molecule has 0 heterocycles. The van der Waals surface area contributed by atoms with E-state index in [1.165, 1.54) is 0 Å². The van der Waals surface area contributed by atoms with E-state index in [0.717, 1.165) is 22.9 Å². The molecule has 0 spiro atoms. The van der Waals surface area contributed by atoms with Gasteiger partial charge in [0, 0.05) is 30.4 Å². The molecule has 0 aliphatic heterocycles. The second-order valence-corrected chi connectivity index (χ2v) is 6.58. The van der Waals surface area contributed by atoms with Crippen molar-refractivity contribution in [1.29, 1.82) is 0 Å². The Bertz CT molecular complexity index is 972. The van der Waals surface area contributed by atoms with Crippen molar-refractivity contribution >= 4 is 17.4 Å². The molecular formula is C24H21NO4. The van der Waals surface area contributed by atoms with Gasteiger partial charge in [0.05, 0.1) is 0 Å². The summed E-state index contributed by atoms with van der Waals surface area (Å²) in [7, 11) is 0. The van der Waals surface area contributed by atoms with Gasteiger partial charge in [0.15, 0.2) is 5.78 Å². The molecule has 0 radical (unpaired) electrons. The molecule has 2 N–H and O–H groups in total. The van der Waals surface area contributed by atoms with Gasteiger partial charge in [-0.3, -0.25) is 4.79 Å². The first-order valence-corrected chi connectivity index (χ1v) is 9.14. The maximum absolute atomic E-state index is 12.3. The van der Waals surface area contributed by atoms with E-state index in [9.17, 15) is 14.7 Å². The molecule has 0 aliphatic carbocycles. The topological polar surface area (TPSA) is 77.8 Å². The monoisotopic (exact) mass is 387 g/mol. The van der Waals surface area contributed by atoms with Gasteiger partial charge in [-0.05, 0) is 23.3 Å². The number of carboxylic acids is 1. The summed E-state index contributed by atoms with van der Waals surface area (Å²) in [5, 5.41) is 18.1. The van der Waals surface area contributed by atoms with Gasteiger partial charge in [0.2, 0.25) is 5.76 Å². The summed E-state index contributed by atoms with van der Waals surface area (Å²) in [5.41, 5.74) is 3.39. The zero-order valence-electron chi connectivity index (χ0n) is 15.7. The number of ketones is 1. The van der Waals surface area contributed by atoms with Crippen molar-refractivity contribution in [3.05, 3.63) is 113 Å². The minimum absolute atomic E-state index is 0.307. The van der Waals surface area contributed by atoms with E-state index in [2.05, 4.69) is 4.90 Å². The highest BCUT2D eigenvalue weighted by molar-refractivity contribution is 6.08. The van der Waals surface area contributed by atoms with Crippen LogP contribution in [-0.2, 0) is 17.9 Å². The standard InChI is InChI=1S/C24H21NO4/c26-22(15-23(27)24(28)29)20-12-7-13-21(14-20)25(16-18-8-3-1-4-9-18)17-19-10-5-2-6-11-19/h1-15,27H,16-17H2,(H,28,29)/b23-15-. The first kappa shape index (κ1) is 19.9. The number of nitrogens with zero attached hydrogens (tertiary/aromatic N) is 1. The number of benzene rings is 3. The normalized spacial score (nSPS) is 11.1. The third kappa shape index (κ3) is 5.56. The van der Waals surface area contributed by atoms with E-state index in [4.69, 9.17) is 5.11 Å². The number of hydrogen-bond donors (Lipinski definition) is 2. The van der Waals surface area contributed by atoms with Crippen molar-refractivity contribution in [2.45, 2.75) is 13.1 Å². The average Bonchev–Trinajstić information content (AvgIpc) is 2.74. The van der Waals surface area contributed by atoms with Crippen LogP contribution in [0.2, 0.25) is 0 Å². The Morgan fingerprint density at radius 1 is 0.759 bits per heavy atom. The van der Waals surface area contributed by atoms with E-state index in [-0.39, 0.29) is 0 Å². The lowest BCUT2D eigenvalue weighted by molar-refractivity contribution is -0.135. The molecule has 146 valence electrons. The minimum atomic E-state index is -1.54. The highest BCUT2D eigenvalue weighted by Crippen LogP contribution is 2.22. The molecule has 0 bridgehead atoms. The van der Waals surface area contributed by atoms with E-state index in [1.807, 2.05) is 66.7 Å². The fourth-order valence-electron chi connectivity index (χ4n) is 2.97. The van der Waals surface area contributed by atoms with Crippen LogP contribution in [0.3, 0.4) is 0 Å². The van der Waals surface area contributed by atoms with Crippen LogP contribution in [0.1, 0.15) is 21.5 Å². The van der Waals surface area contributed by atoms with Gasteiger partial charge in [-0.25, -0.2) is 4.79 Å². The molecule has 0 fully saturated rings. The van der Waals surface area contributed by atoms with Gasteiger partial charge in [0.1, 0.15) is 0 Å². The quantitative estimate of drug-likeness (QED) is 0.335. The molecule has 0 aliphatic rings.